The van der Waals surface area contributed by atoms with Crippen LogP contribution in [0.25, 0.3) is 4.85 Å². The van der Waals surface area contributed by atoms with Gasteiger partial charge in [-0.25, -0.2) is 25.5 Å². The minimum atomic E-state index is -1.53. The number of rotatable bonds is 4. The van der Waals surface area contributed by atoms with Crippen LogP contribution >= 0.6 is 0 Å². The smallest absolute Gasteiger partial charge is 0.418 e. The molecule has 0 saturated carbocycles. The number of imide groups is 1. The summed E-state index contributed by atoms with van der Waals surface area (Å²) in [6.07, 6.45) is -0.0725. The number of ether oxygens (including phenoxy) is 1. The number of carbonyl (C=O) groups excluding carboxylic acids is 4. The summed E-state index contributed by atoms with van der Waals surface area (Å²) in [6, 6.07) is 9.86. The summed E-state index contributed by atoms with van der Waals surface area (Å²) in [7, 11) is 1.49. The van der Waals surface area contributed by atoms with E-state index in [0.717, 1.165) is 10.5 Å². The molecule has 1 spiro atoms. The predicted molar refractivity (Wildman–Crippen MR) is 128 cm³/mol. The number of benzene rings is 2. The van der Waals surface area contributed by atoms with Crippen molar-refractivity contribution in [2.24, 2.45) is 0 Å². The molecule has 1 aliphatic carbocycles. The number of anilines is 1. The van der Waals surface area contributed by atoms with Crippen LogP contribution in [0.3, 0.4) is 0 Å². The van der Waals surface area contributed by atoms with Gasteiger partial charge in [-0.3, -0.25) is 19.3 Å². The molecule has 3 atom stereocenters. The highest BCUT2D eigenvalue weighted by atomic mass is 19.1. The van der Waals surface area contributed by atoms with Crippen LogP contribution < -0.4 is 10.6 Å². The molecule has 2 aromatic carbocycles. The number of aryl methyl sites for hydroxylation is 1. The third-order valence-corrected chi connectivity index (χ3v) is 7.18. The zero-order valence-corrected chi connectivity index (χ0v) is 20.0. The number of fused-ring (bicyclic) bond motifs is 2. The van der Waals surface area contributed by atoms with E-state index in [1.54, 1.807) is 30.3 Å². The van der Waals surface area contributed by atoms with Crippen LogP contribution in [0, 0.1) is 12.4 Å². The molecule has 37 heavy (non-hydrogen) atoms. The van der Waals surface area contributed by atoms with Gasteiger partial charge in [-0.2, -0.15) is 0 Å². The third kappa shape index (κ3) is 4.04. The first-order chi connectivity index (χ1) is 17.8. The van der Waals surface area contributed by atoms with E-state index in [1.165, 1.54) is 24.1 Å². The molecule has 0 aromatic heterocycles. The van der Waals surface area contributed by atoms with Gasteiger partial charge in [0, 0.05) is 31.1 Å². The Kier molecular flexibility index (Phi) is 6.03. The number of halogens is 1. The topological polar surface area (TPSA) is 112 Å². The van der Waals surface area contributed by atoms with Crippen LogP contribution in [0.4, 0.5) is 19.7 Å². The van der Waals surface area contributed by atoms with Crippen molar-refractivity contribution in [1.29, 1.82) is 0 Å². The average molecular weight is 506 g/mol. The van der Waals surface area contributed by atoms with Gasteiger partial charge in [0.2, 0.25) is 11.5 Å². The number of hydrogen-bond donors (Lipinski definition) is 2. The molecule has 2 saturated heterocycles. The second-order valence-electron chi connectivity index (χ2n) is 9.22. The Labute approximate surface area is 212 Å². The van der Waals surface area contributed by atoms with Gasteiger partial charge in [0.05, 0.1) is 6.04 Å². The van der Waals surface area contributed by atoms with Crippen molar-refractivity contribution in [1.82, 2.24) is 15.1 Å². The second-order valence-corrected chi connectivity index (χ2v) is 9.22. The van der Waals surface area contributed by atoms with Crippen molar-refractivity contribution in [3.8, 4) is 0 Å². The molecule has 190 valence electrons. The Morgan fingerprint density at radius 2 is 1.95 bits per heavy atom. The molecule has 2 heterocycles. The first-order valence-corrected chi connectivity index (χ1v) is 11.9. The first-order valence-electron chi connectivity index (χ1n) is 11.9. The highest BCUT2D eigenvalue weighted by Gasteiger charge is 2.59. The molecule has 10 nitrogen and oxygen atoms in total. The fraction of sp³-hybridized carbons (Fsp3) is 0.346. The Morgan fingerprint density at radius 1 is 1.19 bits per heavy atom. The lowest BCUT2D eigenvalue weighted by Crippen LogP contribution is -2.46. The van der Waals surface area contributed by atoms with Crippen LogP contribution in [0.15, 0.2) is 42.5 Å². The number of amides is 5. The molecule has 0 radical (unpaired) electrons. The lowest BCUT2D eigenvalue weighted by molar-refractivity contribution is -0.142. The van der Waals surface area contributed by atoms with E-state index in [-0.39, 0.29) is 12.5 Å². The van der Waals surface area contributed by atoms with Gasteiger partial charge >= 0.3 is 18.3 Å². The summed E-state index contributed by atoms with van der Waals surface area (Å²) in [5.74, 6) is -1.60. The van der Waals surface area contributed by atoms with Crippen molar-refractivity contribution in [3.63, 3.8) is 0 Å². The number of carbonyl (C=O) groups is 4. The van der Waals surface area contributed by atoms with E-state index < -0.39 is 48.1 Å². The summed E-state index contributed by atoms with van der Waals surface area (Å²) < 4.78 is 19.0. The maximum Gasteiger partial charge on any atom is 0.418 e. The zero-order valence-electron chi connectivity index (χ0n) is 20.0. The Hall–Kier alpha value is -4.46. The molecule has 5 amide bonds. The third-order valence-electron chi connectivity index (χ3n) is 7.18. The van der Waals surface area contributed by atoms with E-state index in [2.05, 4.69) is 15.5 Å². The van der Waals surface area contributed by atoms with Gasteiger partial charge in [-0.15, -0.1) is 0 Å². The van der Waals surface area contributed by atoms with Gasteiger partial charge in [0.25, 0.3) is 5.91 Å². The Balaban J connectivity index is 1.37. The molecule has 3 aliphatic rings. The Morgan fingerprint density at radius 3 is 2.65 bits per heavy atom. The molecule has 2 N–H and O–H groups in total. The molecule has 2 aliphatic heterocycles. The molecule has 0 unspecified atom stereocenters. The van der Waals surface area contributed by atoms with E-state index in [1.807, 2.05) is 0 Å². The maximum absolute atomic E-state index is 13.5. The quantitative estimate of drug-likeness (QED) is 0.620. The van der Waals surface area contributed by atoms with Crippen LogP contribution in [0.1, 0.15) is 42.0 Å². The van der Waals surface area contributed by atoms with Crippen molar-refractivity contribution in [3.05, 3.63) is 76.4 Å². The molecule has 2 aromatic rings. The van der Waals surface area contributed by atoms with Crippen molar-refractivity contribution < 1.29 is 28.3 Å². The van der Waals surface area contributed by atoms with Gasteiger partial charge in [0.15, 0.2) is 0 Å². The van der Waals surface area contributed by atoms with Crippen molar-refractivity contribution in [2.45, 2.75) is 43.5 Å². The molecular formula is C26H24FN5O5. The summed E-state index contributed by atoms with van der Waals surface area (Å²) in [5, 5.41) is 5.13. The van der Waals surface area contributed by atoms with Crippen molar-refractivity contribution >= 4 is 29.6 Å². The van der Waals surface area contributed by atoms with Gasteiger partial charge in [0.1, 0.15) is 12.4 Å². The lowest BCUT2D eigenvalue weighted by atomic mass is 9.94. The molecular weight excluding hydrogens is 481 g/mol. The largest absolute Gasteiger partial charge is 0.427 e. The monoisotopic (exact) mass is 505 g/mol. The number of likely N-dealkylation sites (tertiary alicyclic amines) is 1. The van der Waals surface area contributed by atoms with Crippen LogP contribution in [-0.2, 0) is 26.3 Å². The summed E-state index contributed by atoms with van der Waals surface area (Å²) in [4.78, 5) is 57.1. The predicted octanol–water partition coefficient (Wildman–Crippen LogP) is 3.31. The average Bonchev–Trinajstić information content (AvgIpc) is 3.55. The van der Waals surface area contributed by atoms with E-state index in [4.69, 9.17) is 11.3 Å². The minimum absolute atomic E-state index is 0.216. The second kappa shape index (κ2) is 9.20. The number of nitrogens with one attached hydrogen (secondary N) is 2. The van der Waals surface area contributed by atoms with Crippen LogP contribution in [-0.4, -0.2) is 53.5 Å². The van der Waals surface area contributed by atoms with E-state index in [0.29, 0.717) is 36.1 Å². The number of nitrogens with zero attached hydrogens (tertiary/aromatic N) is 3. The van der Waals surface area contributed by atoms with Gasteiger partial charge in [-0.1, -0.05) is 18.2 Å². The number of urea groups is 1. The highest BCUT2D eigenvalue weighted by molar-refractivity contribution is 6.06. The standard InChI is InChI=1S/C26H24FN5O5/c1-28-21-10-9-20(15-3-5-17(27)6-4-15)32(21)22(33)14-31-23(34)26(37-25(31)36)12-11-16-13-18(7-8-19(16)26)30-24(35)29-2/h3-8,13,20-21H,9-12,14H2,2H3,(H2,29,30,35)/t20-,21-,26-/m1/s1. The van der Waals surface area contributed by atoms with E-state index >= 15 is 0 Å². The first kappa shape index (κ1) is 24.2. The van der Waals surface area contributed by atoms with Gasteiger partial charge in [-0.05, 0) is 48.2 Å². The zero-order chi connectivity index (χ0) is 26.3. The summed E-state index contributed by atoms with van der Waals surface area (Å²) in [6.45, 7) is 6.97. The molecule has 0 bridgehead atoms. The SMILES string of the molecule is [C-]#[N+][C@H]1CC[C@H](c2ccc(F)cc2)N1C(=O)CN1C(=O)O[C@@]2(CCc3cc(NC(=O)NC)ccc32)C1=O. The van der Waals surface area contributed by atoms with E-state index in [9.17, 15) is 23.6 Å². The summed E-state index contributed by atoms with van der Waals surface area (Å²) in [5.41, 5.74) is 0.960. The van der Waals surface area contributed by atoms with Crippen LogP contribution in [0.2, 0.25) is 0 Å². The molecule has 11 heteroatoms. The minimum Gasteiger partial charge on any atom is -0.427 e. The lowest BCUT2D eigenvalue weighted by Gasteiger charge is -2.26. The molecule has 5 rings (SSSR count). The normalized spacial score (nSPS) is 24.1. The van der Waals surface area contributed by atoms with Crippen molar-refractivity contribution in [2.75, 3.05) is 18.9 Å². The maximum atomic E-state index is 13.5. The fourth-order valence-corrected chi connectivity index (χ4v) is 5.41. The van der Waals surface area contributed by atoms with Crippen LogP contribution in [0.5, 0.6) is 0 Å². The number of hydrogen-bond acceptors (Lipinski definition) is 5. The summed E-state index contributed by atoms with van der Waals surface area (Å²) >= 11 is 0. The highest BCUT2D eigenvalue weighted by Crippen LogP contribution is 2.46. The Bertz CT molecular complexity index is 1340. The molecule has 2 fully saturated rings. The van der Waals surface area contributed by atoms with Gasteiger partial charge < -0.3 is 15.4 Å². The fourth-order valence-electron chi connectivity index (χ4n) is 5.41.